The first-order valence-corrected chi connectivity index (χ1v) is 6.16. The Bertz CT molecular complexity index is 584. The monoisotopic (exact) mass is 266 g/mol. The Morgan fingerprint density at radius 1 is 1.39 bits per heavy atom. The quantitative estimate of drug-likeness (QED) is 0.412. The summed E-state index contributed by atoms with van der Waals surface area (Å²) in [5.74, 6) is 5.20. The van der Waals surface area contributed by atoms with Crippen molar-refractivity contribution >= 4 is 15.7 Å². The maximum atomic E-state index is 12.2. The lowest BCUT2D eigenvalue weighted by Crippen LogP contribution is -2.32. The molecule has 0 aliphatic heterocycles. The molecule has 9 heteroatoms. The van der Waals surface area contributed by atoms with E-state index in [9.17, 15) is 8.42 Å². The number of aromatic nitrogens is 1. The van der Waals surface area contributed by atoms with Gasteiger partial charge >= 0.3 is 0 Å². The highest BCUT2D eigenvalue weighted by Gasteiger charge is 2.26. The lowest BCUT2D eigenvalue weighted by Gasteiger charge is -2.17. The molecule has 0 spiro atoms. The van der Waals surface area contributed by atoms with E-state index in [1.807, 2.05) is 0 Å². The number of nitriles is 2. The Labute approximate surface area is 104 Å². The molecule has 1 rings (SSSR count). The van der Waals surface area contributed by atoms with Crippen LogP contribution in [0.1, 0.15) is 0 Å². The van der Waals surface area contributed by atoms with Crippen molar-refractivity contribution < 1.29 is 8.42 Å². The van der Waals surface area contributed by atoms with Crippen LogP contribution in [-0.4, -0.2) is 30.8 Å². The second kappa shape index (κ2) is 5.93. The summed E-state index contributed by atoms with van der Waals surface area (Å²) < 4.78 is 25.1. The normalized spacial score (nSPS) is 10.7. The van der Waals surface area contributed by atoms with E-state index in [1.54, 1.807) is 12.1 Å². The predicted molar refractivity (Wildman–Crippen MR) is 62.0 cm³/mol. The molecule has 0 aliphatic carbocycles. The standard InChI is InChI=1S/C9H10N6O2S/c10-2-5-15(6-3-11)18(16,17)9-7-13-4-1-8(9)14-12/h1,4,7H,5-6,12H2,(H,13,14). The van der Waals surface area contributed by atoms with E-state index < -0.39 is 23.1 Å². The SMILES string of the molecule is N#CCN(CC#N)S(=O)(=O)c1cnccc1NN. The Hall–Kier alpha value is -2.20. The highest BCUT2D eigenvalue weighted by atomic mass is 32.2. The van der Waals surface area contributed by atoms with E-state index in [0.29, 0.717) is 0 Å². The molecule has 0 unspecified atom stereocenters. The summed E-state index contributed by atoms with van der Waals surface area (Å²) in [6.07, 6.45) is 2.47. The van der Waals surface area contributed by atoms with Gasteiger partial charge in [0.2, 0.25) is 10.0 Å². The molecule has 18 heavy (non-hydrogen) atoms. The molecule has 8 nitrogen and oxygen atoms in total. The van der Waals surface area contributed by atoms with Crippen LogP contribution in [0.4, 0.5) is 5.69 Å². The first-order valence-electron chi connectivity index (χ1n) is 4.72. The smallest absolute Gasteiger partial charge is 0.248 e. The molecule has 0 saturated heterocycles. The van der Waals surface area contributed by atoms with E-state index >= 15 is 0 Å². The van der Waals surface area contributed by atoms with Gasteiger partial charge in [0.15, 0.2) is 0 Å². The van der Waals surface area contributed by atoms with Crippen molar-refractivity contribution in [2.45, 2.75) is 4.90 Å². The van der Waals surface area contributed by atoms with Gasteiger partial charge in [-0.1, -0.05) is 0 Å². The number of sulfonamides is 1. The van der Waals surface area contributed by atoms with Crippen LogP contribution in [0.3, 0.4) is 0 Å². The number of nitrogens with zero attached hydrogens (tertiary/aromatic N) is 4. The summed E-state index contributed by atoms with van der Waals surface area (Å²) in [7, 11) is -3.98. The highest BCUT2D eigenvalue weighted by molar-refractivity contribution is 7.89. The van der Waals surface area contributed by atoms with Gasteiger partial charge in [-0.3, -0.25) is 10.8 Å². The molecule has 1 heterocycles. The zero-order chi connectivity index (χ0) is 13.6. The van der Waals surface area contributed by atoms with Crippen molar-refractivity contribution in [3.05, 3.63) is 18.5 Å². The number of nitrogens with two attached hydrogens (primary N) is 1. The molecule has 1 aromatic heterocycles. The Morgan fingerprint density at radius 3 is 2.50 bits per heavy atom. The summed E-state index contributed by atoms with van der Waals surface area (Å²) in [4.78, 5) is 3.51. The molecule has 0 saturated carbocycles. The average Bonchev–Trinajstić information content (AvgIpc) is 2.38. The van der Waals surface area contributed by atoms with Gasteiger partial charge < -0.3 is 5.43 Å². The molecular formula is C9H10N6O2S. The van der Waals surface area contributed by atoms with Gasteiger partial charge in [0, 0.05) is 12.4 Å². The highest BCUT2D eigenvalue weighted by Crippen LogP contribution is 2.22. The lowest BCUT2D eigenvalue weighted by atomic mass is 10.4. The number of pyridine rings is 1. The van der Waals surface area contributed by atoms with Crippen molar-refractivity contribution in [2.24, 2.45) is 5.84 Å². The first kappa shape index (κ1) is 13.9. The zero-order valence-corrected chi connectivity index (χ0v) is 10.1. The van der Waals surface area contributed by atoms with Crippen LogP contribution in [0, 0.1) is 22.7 Å². The molecule has 0 radical (unpaired) electrons. The van der Waals surface area contributed by atoms with Crippen molar-refractivity contribution in [2.75, 3.05) is 18.5 Å². The summed E-state index contributed by atoms with van der Waals surface area (Å²) in [6, 6.07) is 4.76. The summed E-state index contributed by atoms with van der Waals surface area (Å²) in [5.41, 5.74) is 2.37. The van der Waals surface area contributed by atoms with E-state index in [1.165, 1.54) is 12.3 Å². The molecule has 0 fully saturated rings. The number of nitrogens with one attached hydrogen (secondary N) is 1. The summed E-state index contributed by atoms with van der Waals surface area (Å²) >= 11 is 0. The first-order chi connectivity index (χ1) is 8.57. The maximum absolute atomic E-state index is 12.2. The minimum absolute atomic E-state index is 0.144. The minimum atomic E-state index is -3.98. The van der Waals surface area contributed by atoms with Gasteiger partial charge in [-0.2, -0.15) is 14.8 Å². The Balaban J connectivity index is 3.28. The molecular weight excluding hydrogens is 256 g/mol. The van der Waals surface area contributed by atoms with Crippen LogP contribution in [0.5, 0.6) is 0 Å². The second-order valence-corrected chi connectivity index (χ2v) is 5.01. The van der Waals surface area contributed by atoms with Gasteiger partial charge in [-0.25, -0.2) is 8.42 Å². The van der Waals surface area contributed by atoms with Crippen LogP contribution in [-0.2, 0) is 10.0 Å². The summed E-state index contributed by atoms with van der Waals surface area (Å²) in [5, 5.41) is 17.2. The van der Waals surface area contributed by atoms with Crippen molar-refractivity contribution in [3.8, 4) is 12.1 Å². The number of hydrogen-bond acceptors (Lipinski definition) is 7. The lowest BCUT2D eigenvalue weighted by molar-refractivity contribution is 0.479. The largest absolute Gasteiger partial charge is 0.323 e. The third-order valence-corrected chi connectivity index (χ3v) is 3.87. The van der Waals surface area contributed by atoms with Gasteiger partial charge in [-0.15, -0.1) is 0 Å². The van der Waals surface area contributed by atoms with E-state index in [-0.39, 0.29) is 10.6 Å². The number of hydrazine groups is 1. The molecule has 1 aromatic rings. The molecule has 0 aliphatic rings. The van der Waals surface area contributed by atoms with Crippen LogP contribution >= 0.6 is 0 Å². The molecule has 3 N–H and O–H groups in total. The fourth-order valence-corrected chi connectivity index (χ4v) is 2.56. The minimum Gasteiger partial charge on any atom is -0.323 e. The fourth-order valence-electron chi connectivity index (χ4n) is 1.23. The number of nitrogen functional groups attached to an aromatic ring is 1. The van der Waals surface area contributed by atoms with Crippen LogP contribution in [0.15, 0.2) is 23.4 Å². The number of hydrogen-bond donors (Lipinski definition) is 2. The van der Waals surface area contributed by atoms with Crippen LogP contribution < -0.4 is 11.3 Å². The van der Waals surface area contributed by atoms with Crippen LogP contribution in [0.25, 0.3) is 0 Å². The zero-order valence-electron chi connectivity index (χ0n) is 9.24. The van der Waals surface area contributed by atoms with Crippen LogP contribution in [0.2, 0.25) is 0 Å². The summed E-state index contributed by atoms with van der Waals surface area (Å²) in [6.45, 7) is -0.844. The fraction of sp³-hybridized carbons (Fsp3) is 0.222. The average molecular weight is 266 g/mol. The van der Waals surface area contributed by atoms with Crippen molar-refractivity contribution in [1.82, 2.24) is 9.29 Å². The van der Waals surface area contributed by atoms with Gasteiger partial charge in [0.25, 0.3) is 0 Å². The third-order valence-electron chi connectivity index (χ3n) is 2.05. The molecule has 0 aromatic carbocycles. The van der Waals surface area contributed by atoms with Gasteiger partial charge in [-0.05, 0) is 6.07 Å². The van der Waals surface area contributed by atoms with E-state index in [2.05, 4.69) is 10.4 Å². The van der Waals surface area contributed by atoms with E-state index in [0.717, 1.165) is 10.5 Å². The maximum Gasteiger partial charge on any atom is 0.248 e. The topological polar surface area (TPSA) is 136 Å². The Kier molecular flexibility index (Phi) is 4.57. The Morgan fingerprint density at radius 2 is 2.00 bits per heavy atom. The number of anilines is 1. The molecule has 94 valence electrons. The van der Waals surface area contributed by atoms with Crippen molar-refractivity contribution in [1.29, 1.82) is 10.5 Å². The second-order valence-electron chi connectivity index (χ2n) is 3.11. The molecule has 0 bridgehead atoms. The van der Waals surface area contributed by atoms with E-state index in [4.69, 9.17) is 16.4 Å². The molecule has 0 atom stereocenters. The van der Waals surface area contributed by atoms with Crippen molar-refractivity contribution in [3.63, 3.8) is 0 Å². The predicted octanol–water partition coefficient (Wildman–Crippen LogP) is -0.595. The van der Waals surface area contributed by atoms with Gasteiger partial charge in [0.05, 0.1) is 17.8 Å². The molecule has 0 amide bonds. The third kappa shape index (κ3) is 2.73. The number of rotatable bonds is 5. The van der Waals surface area contributed by atoms with Gasteiger partial charge in [0.1, 0.15) is 18.0 Å².